The third kappa shape index (κ3) is 4.06. The van der Waals surface area contributed by atoms with E-state index in [1.165, 1.54) is 6.42 Å². The molecule has 0 N–H and O–H groups in total. The van der Waals surface area contributed by atoms with Crippen molar-refractivity contribution >= 4 is 11.8 Å². The highest BCUT2D eigenvalue weighted by Gasteiger charge is 2.51. The number of carbonyl (C=O) groups excluding carboxylic acids is 2. The van der Waals surface area contributed by atoms with Crippen molar-refractivity contribution in [3.05, 3.63) is 17.5 Å². The number of hydrogen-bond acceptors (Lipinski definition) is 4. The van der Waals surface area contributed by atoms with Crippen molar-refractivity contribution in [1.82, 2.24) is 19.6 Å². The molecule has 0 radical (unpaired) electrons. The minimum absolute atomic E-state index is 0.0112. The standard InChI is InChI=1S/C22H34N4O3/c1-17-15-18(2)26(23-17)16-19(27)25-12-6-7-22(8-13-29-14-9-22)20(25)21(28)24-10-4-3-5-11-24/h15,20H,3-14,16H2,1-2H3. The Morgan fingerprint density at radius 1 is 1.07 bits per heavy atom. The second-order valence-corrected chi connectivity index (χ2v) is 9.04. The summed E-state index contributed by atoms with van der Waals surface area (Å²) in [7, 11) is 0. The molecule has 3 fully saturated rings. The molecule has 7 nitrogen and oxygen atoms in total. The lowest BCUT2D eigenvalue weighted by Gasteiger charge is -2.52. The first kappa shape index (κ1) is 20.4. The van der Waals surface area contributed by atoms with Crippen molar-refractivity contribution in [3.8, 4) is 0 Å². The first-order chi connectivity index (χ1) is 14.0. The maximum absolute atomic E-state index is 13.7. The van der Waals surface area contributed by atoms with Gasteiger partial charge in [0.15, 0.2) is 0 Å². The largest absolute Gasteiger partial charge is 0.381 e. The van der Waals surface area contributed by atoms with Crippen LogP contribution in [0.1, 0.15) is 56.3 Å². The molecule has 29 heavy (non-hydrogen) atoms. The quantitative estimate of drug-likeness (QED) is 0.778. The highest BCUT2D eigenvalue weighted by atomic mass is 16.5. The Labute approximate surface area is 173 Å². The lowest BCUT2D eigenvalue weighted by atomic mass is 9.67. The SMILES string of the molecule is Cc1cc(C)n(CC(=O)N2CCCC3(CCOCC3)C2C(=O)N2CCCCC2)n1. The fourth-order valence-corrected chi connectivity index (χ4v) is 5.50. The van der Waals surface area contributed by atoms with Crippen LogP contribution in [0.5, 0.6) is 0 Å². The second kappa shape index (κ2) is 8.46. The van der Waals surface area contributed by atoms with Crippen LogP contribution >= 0.6 is 0 Å². The van der Waals surface area contributed by atoms with Gasteiger partial charge in [0, 0.05) is 44.0 Å². The van der Waals surface area contributed by atoms with Crippen LogP contribution in [0.2, 0.25) is 0 Å². The van der Waals surface area contributed by atoms with Gasteiger partial charge in [0.1, 0.15) is 12.6 Å². The lowest BCUT2D eigenvalue weighted by Crippen LogP contribution is -2.63. The molecular weight excluding hydrogens is 368 g/mol. The predicted octanol–water partition coefficient (Wildman–Crippen LogP) is 2.30. The summed E-state index contributed by atoms with van der Waals surface area (Å²) in [5.74, 6) is 0.171. The van der Waals surface area contributed by atoms with Crippen LogP contribution in [0, 0.1) is 19.3 Å². The highest BCUT2D eigenvalue weighted by molar-refractivity contribution is 5.89. The minimum Gasteiger partial charge on any atom is -0.381 e. The molecule has 1 aromatic heterocycles. The Morgan fingerprint density at radius 3 is 2.45 bits per heavy atom. The van der Waals surface area contributed by atoms with E-state index in [2.05, 4.69) is 5.10 Å². The van der Waals surface area contributed by atoms with Gasteiger partial charge in [-0.3, -0.25) is 14.3 Å². The summed E-state index contributed by atoms with van der Waals surface area (Å²) in [4.78, 5) is 31.1. The molecule has 7 heteroatoms. The van der Waals surface area contributed by atoms with Gasteiger partial charge < -0.3 is 14.5 Å². The van der Waals surface area contributed by atoms with E-state index in [-0.39, 0.29) is 29.8 Å². The molecule has 0 bridgehead atoms. The number of piperidine rings is 2. The summed E-state index contributed by atoms with van der Waals surface area (Å²) >= 11 is 0. The van der Waals surface area contributed by atoms with Crippen molar-refractivity contribution in [3.63, 3.8) is 0 Å². The van der Waals surface area contributed by atoms with Crippen molar-refractivity contribution < 1.29 is 14.3 Å². The van der Waals surface area contributed by atoms with Gasteiger partial charge in [-0.05, 0) is 64.9 Å². The summed E-state index contributed by atoms with van der Waals surface area (Å²) in [5, 5.41) is 4.46. The molecule has 3 aliphatic heterocycles. The van der Waals surface area contributed by atoms with Crippen LogP contribution in [0.25, 0.3) is 0 Å². The van der Waals surface area contributed by atoms with E-state index in [1.807, 2.05) is 29.7 Å². The summed E-state index contributed by atoms with van der Waals surface area (Å²) in [5.41, 5.74) is 1.75. The summed E-state index contributed by atoms with van der Waals surface area (Å²) in [6, 6.07) is 1.63. The van der Waals surface area contributed by atoms with E-state index in [0.717, 1.165) is 63.0 Å². The van der Waals surface area contributed by atoms with Crippen LogP contribution in [0.15, 0.2) is 6.07 Å². The first-order valence-electron chi connectivity index (χ1n) is 11.2. The van der Waals surface area contributed by atoms with E-state index in [9.17, 15) is 9.59 Å². The number of rotatable bonds is 3. The van der Waals surface area contributed by atoms with Crippen LogP contribution in [0.4, 0.5) is 0 Å². The maximum Gasteiger partial charge on any atom is 0.245 e. The number of carbonyl (C=O) groups is 2. The average Bonchev–Trinajstić information content (AvgIpc) is 3.05. The number of aryl methyl sites for hydroxylation is 2. The van der Waals surface area contributed by atoms with Crippen molar-refractivity contribution in [2.45, 2.75) is 71.4 Å². The minimum atomic E-state index is -0.359. The van der Waals surface area contributed by atoms with Gasteiger partial charge in [-0.2, -0.15) is 5.10 Å². The lowest BCUT2D eigenvalue weighted by molar-refractivity contribution is -0.162. The van der Waals surface area contributed by atoms with E-state index >= 15 is 0 Å². The van der Waals surface area contributed by atoms with E-state index in [0.29, 0.717) is 19.8 Å². The fourth-order valence-electron chi connectivity index (χ4n) is 5.50. The molecule has 1 spiro atoms. The number of amides is 2. The van der Waals surface area contributed by atoms with Crippen molar-refractivity contribution in [1.29, 1.82) is 0 Å². The molecular formula is C22H34N4O3. The van der Waals surface area contributed by atoms with Gasteiger partial charge in [-0.25, -0.2) is 0 Å². The molecule has 3 saturated heterocycles. The highest BCUT2D eigenvalue weighted by Crippen LogP contribution is 2.45. The van der Waals surface area contributed by atoms with Gasteiger partial charge in [0.25, 0.3) is 0 Å². The molecule has 0 aromatic carbocycles. The zero-order valence-electron chi connectivity index (χ0n) is 17.9. The third-order valence-corrected chi connectivity index (χ3v) is 7.06. The van der Waals surface area contributed by atoms with E-state index < -0.39 is 0 Å². The molecule has 2 amide bonds. The van der Waals surface area contributed by atoms with Crippen LogP contribution < -0.4 is 0 Å². The van der Waals surface area contributed by atoms with E-state index in [4.69, 9.17) is 4.74 Å². The predicted molar refractivity (Wildman–Crippen MR) is 109 cm³/mol. The zero-order valence-corrected chi connectivity index (χ0v) is 17.9. The number of hydrogen-bond donors (Lipinski definition) is 0. The normalized spacial score (nSPS) is 24.7. The Balaban J connectivity index is 1.61. The molecule has 3 aliphatic rings. The molecule has 1 unspecified atom stereocenters. The number of nitrogens with zero attached hydrogens (tertiary/aromatic N) is 4. The van der Waals surface area contributed by atoms with Crippen molar-refractivity contribution in [2.24, 2.45) is 5.41 Å². The summed E-state index contributed by atoms with van der Waals surface area (Å²) < 4.78 is 7.41. The van der Waals surface area contributed by atoms with Crippen LogP contribution in [0.3, 0.4) is 0 Å². The summed E-state index contributed by atoms with van der Waals surface area (Å²) in [6.45, 7) is 7.78. The van der Waals surface area contributed by atoms with Gasteiger partial charge in [-0.1, -0.05) is 0 Å². The van der Waals surface area contributed by atoms with Gasteiger partial charge in [-0.15, -0.1) is 0 Å². The number of likely N-dealkylation sites (tertiary alicyclic amines) is 2. The Bertz CT molecular complexity index is 742. The van der Waals surface area contributed by atoms with Crippen molar-refractivity contribution in [2.75, 3.05) is 32.8 Å². The smallest absolute Gasteiger partial charge is 0.245 e. The topological polar surface area (TPSA) is 67.7 Å². The second-order valence-electron chi connectivity index (χ2n) is 9.04. The molecule has 4 rings (SSSR count). The van der Waals surface area contributed by atoms with Crippen LogP contribution in [-0.4, -0.2) is 70.3 Å². The molecule has 4 heterocycles. The van der Waals surface area contributed by atoms with Gasteiger partial charge in [0.2, 0.25) is 11.8 Å². The third-order valence-electron chi connectivity index (χ3n) is 7.06. The monoisotopic (exact) mass is 402 g/mol. The Morgan fingerprint density at radius 2 is 1.79 bits per heavy atom. The molecule has 1 atom stereocenters. The molecule has 0 saturated carbocycles. The fraction of sp³-hybridized carbons (Fsp3) is 0.773. The number of ether oxygens (including phenoxy) is 1. The Kier molecular flexibility index (Phi) is 5.95. The molecule has 0 aliphatic carbocycles. The number of aromatic nitrogens is 2. The Hall–Kier alpha value is -1.89. The maximum atomic E-state index is 13.7. The molecule has 160 valence electrons. The zero-order chi connectivity index (χ0) is 20.4. The average molecular weight is 403 g/mol. The molecule has 1 aromatic rings. The summed E-state index contributed by atoms with van der Waals surface area (Å²) in [6.07, 6.45) is 7.00. The van der Waals surface area contributed by atoms with Gasteiger partial charge in [0.05, 0.1) is 5.69 Å². The van der Waals surface area contributed by atoms with Gasteiger partial charge >= 0.3 is 0 Å². The van der Waals surface area contributed by atoms with E-state index in [1.54, 1.807) is 4.68 Å². The van der Waals surface area contributed by atoms with Crippen LogP contribution in [-0.2, 0) is 20.9 Å². The first-order valence-corrected chi connectivity index (χ1v) is 11.2.